The van der Waals surface area contributed by atoms with Gasteiger partial charge in [-0.2, -0.15) is 0 Å². The van der Waals surface area contributed by atoms with Gasteiger partial charge in [-0.1, -0.05) is 27.7 Å². The van der Waals surface area contributed by atoms with Crippen molar-refractivity contribution in [1.82, 2.24) is 0 Å². The van der Waals surface area contributed by atoms with E-state index in [0.29, 0.717) is 25.7 Å². The van der Waals surface area contributed by atoms with Gasteiger partial charge in [-0.3, -0.25) is 4.79 Å². The van der Waals surface area contributed by atoms with Crippen molar-refractivity contribution >= 4 is 5.78 Å². The molecule has 0 aromatic carbocycles. The van der Waals surface area contributed by atoms with Crippen molar-refractivity contribution in [3.05, 3.63) is 24.2 Å². The molecule has 0 aliphatic heterocycles. The molecule has 25 heavy (non-hydrogen) atoms. The van der Waals surface area contributed by atoms with Gasteiger partial charge in [0.05, 0.1) is 24.2 Å². The molecule has 0 spiro atoms. The maximum atomic E-state index is 12.8. The molecule has 1 heterocycles. The highest BCUT2D eigenvalue weighted by Gasteiger charge is 2.68. The van der Waals surface area contributed by atoms with Gasteiger partial charge < -0.3 is 19.7 Å². The fourth-order valence-corrected chi connectivity index (χ4v) is 5.66. The number of carbonyl (C=O) groups excluding carboxylic acids is 1. The van der Waals surface area contributed by atoms with Crippen LogP contribution in [-0.2, 0) is 11.2 Å². The summed E-state index contributed by atoms with van der Waals surface area (Å²) in [6, 6.07) is 1.86. The Kier molecular flexibility index (Phi) is 4.42. The number of Topliss-reactive ketones (excluding diaryl/α,β-unsaturated/α-hetero) is 1. The number of aliphatic hydroxyl groups is 3. The number of aliphatic hydroxyl groups excluding tert-OH is 2. The quantitative estimate of drug-likeness (QED) is 0.778. The third kappa shape index (κ3) is 2.51. The van der Waals surface area contributed by atoms with E-state index >= 15 is 0 Å². The smallest absolute Gasteiger partial charge is 0.167 e. The van der Waals surface area contributed by atoms with E-state index in [0.717, 1.165) is 5.56 Å². The molecule has 1 aromatic heterocycles. The van der Waals surface area contributed by atoms with Gasteiger partial charge in [0, 0.05) is 17.3 Å². The highest BCUT2D eigenvalue weighted by atomic mass is 16.3. The molecule has 5 nitrogen and oxygen atoms in total. The number of rotatable bonds is 3. The second-order valence-electron chi connectivity index (χ2n) is 8.90. The fraction of sp³-hybridized carbons (Fsp3) is 0.750. The number of hydrogen-bond acceptors (Lipinski definition) is 5. The van der Waals surface area contributed by atoms with E-state index < -0.39 is 40.5 Å². The van der Waals surface area contributed by atoms with E-state index in [1.54, 1.807) is 19.5 Å². The fourth-order valence-electron chi connectivity index (χ4n) is 5.66. The maximum absolute atomic E-state index is 12.8. The predicted molar refractivity (Wildman–Crippen MR) is 92.8 cm³/mol. The number of hydrogen-bond donors (Lipinski definition) is 3. The van der Waals surface area contributed by atoms with Gasteiger partial charge >= 0.3 is 0 Å². The number of carbonyl (C=O) groups is 1. The van der Waals surface area contributed by atoms with Crippen LogP contribution in [0.15, 0.2) is 23.0 Å². The van der Waals surface area contributed by atoms with Gasteiger partial charge in [0.15, 0.2) is 5.78 Å². The van der Waals surface area contributed by atoms with Crippen LogP contribution in [0.2, 0.25) is 0 Å². The summed E-state index contributed by atoms with van der Waals surface area (Å²) < 4.78 is 5.11. The lowest BCUT2D eigenvalue weighted by Gasteiger charge is -2.64. The first kappa shape index (κ1) is 18.6. The zero-order chi connectivity index (χ0) is 18.6. The number of ketones is 1. The first-order valence-corrected chi connectivity index (χ1v) is 9.19. The van der Waals surface area contributed by atoms with Crippen molar-refractivity contribution < 1.29 is 24.5 Å². The zero-order valence-electron chi connectivity index (χ0n) is 15.5. The molecule has 2 aliphatic carbocycles. The minimum Gasteiger partial charge on any atom is -0.472 e. The summed E-state index contributed by atoms with van der Waals surface area (Å²) in [7, 11) is 0. The van der Waals surface area contributed by atoms with Crippen molar-refractivity contribution in [2.24, 2.45) is 22.7 Å². The van der Waals surface area contributed by atoms with E-state index in [9.17, 15) is 20.1 Å². The Labute approximate surface area is 149 Å². The average molecular weight is 350 g/mol. The van der Waals surface area contributed by atoms with Crippen molar-refractivity contribution in [3.8, 4) is 0 Å². The van der Waals surface area contributed by atoms with Crippen LogP contribution in [0.4, 0.5) is 0 Å². The van der Waals surface area contributed by atoms with Gasteiger partial charge in [0.25, 0.3) is 0 Å². The zero-order valence-corrected chi connectivity index (χ0v) is 15.5. The number of aryl methyl sites for hydroxylation is 1. The third-order valence-corrected chi connectivity index (χ3v) is 7.40. The van der Waals surface area contributed by atoms with E-state index in [4.69, 9.17) is 4.42 Å². The summed E-state index contributed by atoms with van der Waals surface area (Å²) in [6.07, 6.45) is 3.67. The minimum absolute atomic E-state index is 0.320. The predicted octanol–water partition coefficient (Wildman–Crippen LogP) is 2.33. The molecule has 2 fully saturated rings. The first-order valence-electron chi connectivity index (χ1n) is 9.19. The molecule has 0 radical (unpaired) electrons. The van der Waals surface area contributed by atoms with Crippen LogP contribution < -0.4 is 0 Å². The van der Waals surface area contributed by atoms with Crippen molar-refractivity contribution in [3.63, 3.8) is 0 Å². The number of furan rings is 1. The molecule has 6 atom stereocenters. The lowest BCUT2D eigenvalue weighted by atomic mass is 9.42. The van der Waals surface area contributed by atoms with Gasteiger partial charge in [0.2, 0.25) is 0 Å². The van der Waals surface area contributed by atoms with Crippen LogP contribution in [0.3, 0.4) is 0 Å². The van der Waals surface area contributed by atoms with Crippen LogP contribution in [0.5, 0.6) is 0 Å². The molecule has 5 heteroatoms. The van der Waals surface area contributed by atoms with Crippen LogP contribution in [-0.4, -0.2) is 38.9 Å². The van der Waals surface area contributed by atoms with E-state index in [1.165, 1.54) is 0 Å². The molecule has 140 valence electrons. The Bertz CT molecular complexity index is 637. The second kappa shape index (κ2) is 5.93. The molecule has 6 unspecified atom stereocenters. The third-order valence-electron chi connectivity index (χ3n) is 7.40. The van der Waals surface area contributed by atoms with Gasteiger partial charge in [-0.25, -0.2) is 0 Å². The van der Waals surface area contributed by atoms with E-state index in [-0.39, 0.29) is 5.78 Å². The topological polar surface area (TPSA) is 90.9 Å². The Balaban J connectivity index is 2.02. The summed E-state index contributed by atoms with van der Waals surface area (Å²) in [5.74, 6) is -1.46. The van der Waals surface area contributed by atoms with Crippen LogP contribution >= 0.6 is 0 Å². The van der Waals surface area contributed by atoms with Gasteiger partial charge in [0.1, 0.15) is 6.10 Å². The molecule has 3 N–H and O–H groups in total. The van der Waals surface area contributed by atoms with E-state index in [1.807, 2.05) is 26.8 Å². The molecular formula is C20H30O5. The molecule has 0 amide bonds. The standard InChI is InChI=1S/C20H30O5/c1-12-15(22)16(23)17-18(2,3)14(21)6-8-19(17,4)20(12,24)9-5-13-7-10-25-11-13/h7,10-12,14,16-17,21,23-24H,5-6,8-9H2,1-4H3. The summed E-state index contributed by atoms with van der Waals surface area (Å²) >= 11 is 0. The molecule has 0 saturated heterocycles. The highest BCUT2D eigenvalue weighted by Crippen LogP contribution is 2.62. The summed E-state index contributed by atoms with van der Waals surface area (Å²) in [5, 5.41) is 33.0. The lowest BCUT2D eigenvalue weighted by molar-refractivity contribution is -0.249. The Morgan fingerprint density at radius 3 is 2.56 bits per heavy atom. The molecule has 2 saturated carbocycles. The van der Waals surface area contributed by atoms with Crippen molar-refractivity contribution in [1.29, 1.82) is 0 Å². The average Bonchev–Trinajstić information content (AvgIpc) is 3.07. The molecule has 2 aliphatic rings. The second-order valence-corrected chi connectivity index (χ2v) is 8.90. The Hall–Kier alpha value is -1.17. The van der Waals surface area contributed by atoms with Gasteiger partial charge in [-0.15, -0.1) is 0 Å². The van der Waals surface area contributed by atoms with Gasteiger partial charge in [-0.05, 0) is 42.7 Å². The van der Waals surface area contributed by atoms with Crippen molar-refractivity contribution in [2.75, 3.05) is 0 Å². The van der Waals surface area contributed by atoms with Crippen LogP contribution in [0.25, 0.3) is 0 Å². The Morgan fingerprint density at radius 2 is 1.96 bits per heavy atom. The van der Waals surface area contributed by atoms with Crippen LogP contribution in [0.1, 0.15) is 52.5 Å². The van der Waals surface area contributed by atoms with Crippen LogP contribution in [0, 0.1) is 22.7 Å². The van der Waals surface area contributed by atoms with Crippen molar-refractivity contribution in [2.45, 2.75) is 71.2 Å². The maximum Gasteiger partial charge on any atom is 0.167 e. The summed E-state index contributed by atoms with van der Waals surface area (Å²) in [6.45, 7) is 7.48. The summed E-state index contributed by atoms with van der Waals surface area (Å²) in [5.41, 5.74) is -1.55. The Morgan fingerprint density at radius 1 is 1.28 bits per heavy atom. The van der Waals surface area contributed by atoms with E-state index in [2.05, 4.69) is 0 Å². The number of fused-ring (bicyclic) bond motifs is 1. The molecule has 3 rings (SSSR count). The summed E-state index contributed by atoms with van der Waals surface area (Å²) in [4.78, 5) is 12.8. The molecular weight excluding hydrogens is 320 g/mol. The SMILES string of the molecule is CC1C(=O)C(O)C2C(C)(C)C(O)CCC2(C)C1(O)CCc1ccoc1. The largest absolute Gasteiger partial charge is 0.472 e. The first-order chi connectivity index (χ1) is 11.6. The minimum atomic E-state index is -1.23. The highest BCUT2D eigenvalue weighted by molar-refractivity contribution is 5.88. The normalized spacial score (nSPS) is 43.7. The molecule has 1 aromatic rings. The monoisotopic (exact) mass is 350 g/mol. The molecule has 0 bridgehead atoms. The lowest BCUT2D eigenvalue weighted by Crippen LogP contribution is -2.71.